The number of anilines is 1. The summed E-state index contributed by atoms with van der Waals surface area (Å²) in [6.45, 7) is 2.61. The second-order valence-corrected chi connectivity index (χ2v) is 7.37. The Kier molecular flexibility index (Phi) is 4.62. The second-order valence-electron chi connectivity index (χ2n) is 7.37. The molecule has 2 aliphatic rings. The Labute approximate surface area is 142 Å². The number of nitrogens with zero attached hydrogens (tertiary/aromatic N) is 3. The monoisotopic (exact) mass is 333 g/mol. The van der Waals surface area contributed by atoms with Crippen LogP contribution in [0.15, 0.2) is 12.4 Å². The van der Waals surface area contributed by atoms with Gasteiger partial charge in [0.05, 0.1) is 17.8 Å². The molecule has 3 rings (SSSR count). The lowest BCUT2D eigenvalue weighted by Crippen LogP contribution is -2.58. The van der Waals surface area contributed by atoms with Gasteiger partial charge in [0.15, 0.2) is 0 Å². The van der Waals surface area contributed by atoms with Gasteiger partial charge in [-0.25, -0.2) is 0 Å². The number of carbonyl (C=O) groups is 2. The van der Waals surface area contributed by atoms with E-state index in [1.54, 1.807) is 15.8 Å². The molecule has 1 aromatic heterocycles. The summed E-state index contributed by atoms with van der Waals surface area (Å²) in [5.74, 6) is -0.351. The Morgan fingerprint density at radius 1 is 1.38 bits per heavy atom. The van der Waals surface area contributed by atoms with Gasteiger partial charge in [0.1, 0.15) is 6.04 Å². The molecule has 7 nitrogen and oxygen atoms in total. The van der Waals surface area contributed by atoms with Crippen molar-refractivity contribution in [3.8, 4) is 0 Å². The number of nitrogens with one attached hydrogen (secondary N) is 1. The standard InChI is InChI=1S/C17H27N5O2/c1-17(18)8-4-3-6-13(17)15(23)20-14-7-5-9-22(16(14)24)12-10-19-21(2)11-12/h10-11,13-14H,3-9,18H2,1-2H3,(H,20,23). The SMILES string of the molecule is Cn1cc(N2CCCC(NC(=O)C3CCCCC3(C)N)C2=O)cn1. The Hall–Kier alpha value is -1.89. The third kappa shape index (κ3) is 3.31. The van der Waals surface area contributed by atoms with Crippen molar-refractivity contribution in [2.75, 3.05) is 11.4 Å². The molecular weight excluding hydrogens is 306 g/mol. The summed E-state index contributed by atoms with van der Waals surface area (Å²) in [7, 11) is 1.82. The van der Waals surface area contributed by atoms with Crippen molar-refractivity contribution in [1.82, 2.24) is 15.1 Å². The lowest BCUT2D eigenvalue weighted by molar-refractivity contribution is -0.133. The number of amides is 2. The van der Waals surface area contributed by atoms with Crippen molar-refractivity contribution in [2.24, 2.45) is 18.7 Å². The number of hydrogen-bond donors (Lipinski definition) is 2. The zero-order chi connectivity index (χ0) is 17.3. The molecule has 132 valence electrons. The van der Waals surface area contributed by atoms with Gasteiger partial charge in [0.25, 0.3) is 0 Å². The number of aryl methyl sites for hydroxylation is 1. The van der Waals surface area contributed by atoms with Gasteiger partial charge < -0.3 is 16.0 Å². The topological polar surface area (TPSA) is 93.2 Å². The minimum absolute atomic E-state index is 0.0582. The lowest BCUT2D eigenvalue weighted by Gasteiger charge is -2.39. The molecule has 3 atom stereocenters. The molecular formula is C17H27N5O2. The van der Waals surface area contributed by atoms with E-state index in [4.69, 9.17) is 5.73 Å². The molecule has 1 aliphatic heterocycles. The smallest absolute Gasteiger partial charge is 0.249 e. The third-order valence-electron chi connectivity index (χ3n) is 5.33. The van der Waals surface area contributed by atoms with Gasteiger partial charge >= 0.3 is 0 Å². The zero-order valence-corrected chi connectivity index (χ0v) is 14.5. The first-order valence-electron chi connectivity index (χ1n) is 8.78. The van der Waals surface area contributed by atoms with Crippen LogP contribution in [0.1, 0.15) is 45.4 Å². The van der Waals surface area contributed by atoms with Gasteiger partial charge in [0.2, 0.25) is 11.8 Å². The van der Waals surface area contributed by atoms with E-state index in [0.29, 0.717) is 13.0 Å². The summed E-state index contributed by atoms with van der Waals surface area (Å²) < 4.78 is 1.67. The molecule has 1 saturated carbocycles. The van der Waals surface area contributed by atoms with Crippen LogP contribution >= 0.6 is 0 Å². The molecule has 2 amide bonds. The van der Waals surface area contributed by atoms with Gasteiger partial charge in [-0.2, -0.15) is 5.10 Å². The minimum atomic E-state index is -0.483. The van der Waals surface area contributed by atoms with Crippen molar-refractivity contribution in [3.05, 3.63) is 12.4 Å². The fourth-order valence-corrected chi connectivity index (χ4v) is 3.87. The first kappa shape index (κ1) is 17.0. The van der Waals surface area contributed by atoms with E-state index < -0.39 is 11.6 Å². The molecule has 3 N–H and O–H groups in total. The Morgan fingerprint density at radius 3 is 2.83 bits per heavy atom. The van der Waals surface area contributed by atoms with Gasteiger partial charge in [-0.1, -0.05) is 12.8 Å². The van der Waals surface area contributed by atoms with Crippen molar-refractivity contribution in [3.63, 3.8) is 0 Å². The minimum Gasteiger partial charge on any atom is -0.344 e. The fraction of sp³-hybridized carbons (Fsp3) is 0.706. The predicted molar refractivity (Wildman–Crippen MR) is 91.3 cm³/mol. The highest BCUT2D eigenvalue weighted by Crippen LogP contribution is 2.32. The van der Waals surface area contributed by atoms with Crippen molar-refractivity contribution >= 4 is 17.5 Å². The summed E-state index contributed by atoms with van der Waals surface area (Å²) in [6.07, 6.45) is 8.77. The van der Waals surface area contributed by atoms with E-state index in [1.165, 1.54) is 0 Å². The molecule has 0 spiro atoms. The van der Waals surface area contributed by atoms with Gasteiger partial charge in [-0.05, 0) is 32.6 Å². The average Bonchev–Trinajstić information content (AvgIpc) is 2.95. The van der Waals surface area contributed by atoms with Crippen LogP contribution in [-0.2, 0) is 16.6 Å². The maximum absolute atomic E-state index is 12.8. The first-order valence-corrected chi connectivity index (χ1v) is 8.78. The predicted octanol–water partition coefficient (Wildman–Crippen LogP) is 0.939. The highest BCUT2D eigenvalue weighted by Gasteiger charge is 2.40. The van der Waals surface area contributed by atoms with E-state index in [9.17, 15) is 9.59 Å². The molecule has 3 unspecified atom stereocenters. The molecule has 0 radical (unpaired) electrons. The van der Waals surface area contributed by atoms with Crippen LogP contribution in [0.4, 0.5) is 5.69 Å². The molecule has 2 fully saturated rings. The highest BCUT2D eigenvalue weighted by molar-refractivity contribution is 6.00. The van der Waals surface area contributed by atoms with E-state index in [0.717, 1.165) is 37.8 Å². The largest absolute Gasteiger partial charge is 0.344 e. The van der Waals surface area contributed by atoms with E-state index in [1.807, 2.05) is 20.2 Å². The zero-order valence-electron chi connectivity index (χ0n) is 14.5. The summed E-state index contributed by atoms with van der Waals surface area (Å²) in [5, 5.41) is 7.09. The number of nitrogens with two attached hydrogens (primary N) is 1. The van der Waals surface area contributed by atoms with Crippen LogP contribution in [-0.4, -0.2) is 39.7 Å². The number of aromatic nitrogens is 2. The van der Waals surface area contributed by atoms with Crippen molar-refractivity contribution in [2.45, 2.75) is 57.0 Å². The summed E-state index contributed by atoms with van der Waals surface area (Å²) in [6, 6.07) is -0.468. The third-order valence-corrected chi connectivity index (χ3v) is 5.33. The van der Waals surface area contributed by atoms with Gasteiger partial charge in [-0.15, -0.1) is 0 Å². The van der Waals surface area contributed by atoms with E-state index in [2.05, 4.69) is 10.4 Å². The highest BCUT2D eigenvalue weighted by atomic mass is 16.2. The Balaban J connectivity index is 1.68. The average molecular weight is 333 g/mol. The molecule has 0 aromatic carbocycles. The fourth-order valence-electron chi connectivity index (χ4n) is 3.87. The van der Waals surface area contributed by atoms with Crippen LogP contribution in [0.25, 0.3) is 0 Å². The summed E-state index contributed by atoms with van der Waals surface area (Å²) in [4.78, 5) is 27.2. The lowest BCUT2D eigenvalue weighted by atomic mass is 9.74. The van der Waals surface area contributed by atoms with Gasteiger partial charge in [0, 0.05) is 25.3 Å². The van der Waals surface area contributed by atoms with Crippen molar-refractivity contribution in [1.29, 1.82) is 0 Å². The Bertz CT molecular complexity index is 624. The molecule has 1 aliphatic carbocycles. The molecule has 1 saturated heterocycles. The summed E-state index contributed by atoms with van der Waals surface area (Å²) >= 11 is 0. The molecule has 1 aromatic rings. The van der Waals surface area contributed by atoms with Crippen LogP contribution in [0, 0.1) is 5.92 Å². The molecule has 7 heteroatoms. The summed E-state index contributed by atoms with van der Waals surface area (Å²) in [5.41, 5.74) is 6.61. The van der Waals surface area contributed by atoms with Gasteiger partial charge in [-0.3, -0.25) is 14.3 Å². The maximum atomic E-state index is 12.8. The van der Waals surface area contributed by atoms with Crippen LogP contribution in [0.2, 0.25) is 0 Å². The number of hydrogen-bond acceptors (Lipinski definition) is 4. The van der Waals surface area contributed by atoms with E-state index in [-0.39, 0.29) is 17.7 Å². The second kappa shape index (κ2) is 6.55. The number of piperidine rings is 1. The quantitative estimate of drug-likeness (QED) is 0.861. The Morgan fingerprint density at radius 2 is 2.17 bits per heavy atom. The van der Waals surface area contributed by atoms with Crippen LogP contribution in [0.5, 0.6) is 0 Å². The number of carbonyl (C=O) groups excluding carboxylic acids is 2. The van der Waals surface area contributed by atoms with Crippen LogP contribution in [0.3, 0.4) is 0 Å². The maximum Gasteiger partial charge on any atom is 0.249 e. The normalized spacial score (nSPS) is 31.1. The molecule has 2 heterocycles. The number of rotatable bonds is 3. The van der Waals surface area contributed by atoms with Crippen molar-refractivity contribution < 1.29 is 9.59 Å². The molecule has 24 heavy (non-hydrogen) atoms. The molecule has 0 bridgehead atoms. The van der Waals surface area contributed by atoms with Crippen LogP contribution < -0.4 is 16.0 Å². The van der Waals surface area contributed by atoms with E-state index >= 15 is 0 Å². The first-order chi connectivity index (χ1) is 11.4.